The maximum atomic E-state index is 10.2. The van der Waals surface area contributed by atoms with Gasteiger partial charge in [0.15, 0.2) is 0 Å². The Labute approximate surface area is 71.7 Å². The second kappa shape index (κ2) is 4.50. The van der Waals surface area contributed by atoms with Gasteiger partial charge >= 0.3 is 17.1 Å². The van der Waals surface area contributed by atoms with E-state index in [1.807, 2.05) is 0 Å². The van der Waals surface area contributed by atoms with Crippen LogP contribution in [-0.4, -0.2) is 0 Å². The molecule has 1 rings (SSSR count). The standard InChI is InChI=1S/C6H5O2S.Cu/c7-9(8)6-4-2-1-3-5-6;/h1-5H;/q-1;+1. The van der Waals surface area contributed by atoms with E-state index < -0.39 is 10.7 Å². The average molecular weight is 205 g/mol. The number of rotatable bonds is 1. The van der Waals surface area contributed by atoms with Crippen LogP contribution in [0, 0.1) is 0 Å². The second-order valence-electron chi connectivity index (χ2n) is 1.55. The fraction of sp³-hybridized carbons (Fsp3) is 0. The molecule has 0 bridgehead atoms. The Kier molecular flexibility index (Phi) is 4.36. The number of benzene rings is 1. The summed E-state index contributed by atoms with van der Waals surface area (Å²) in [7, 11) is -2.08. The zero-order valence-electron chi connectivity index (χ0n) is 4.91. The zero-order chi connectivity index (χ0) is 6.69. The molecular weight excluding hydrogens is 200 g/mol. The first-order chi connectivity index (χ1) is 4.30. The SMILES string of the molecule is O=[S-](=O)c1ccccc1.[Cu+]. The summed E-state index contributed by atoms with van der Waals surface area (Å²) in [5.41, 5.74) is 0. The molecule has 0 unspecified atom stereocenters. The normalized spacial score (nSPS) is 8.90. The van der Waals surface area contributed by atoms with Crippen molar-refractivity contribution in [2.24, 2.45) is 0 Å². The fourth-order valence-electron chi connectivity index (χ4n) is 0.532. The van der Waals surface area contributed by atoms with Crippen molar-refractivity contribution in [1.29, 1.82) is 0 Å². The van der Waals surface area contributed by atoms with E-state index in [0.29, 0.717) is 4.90 Å². The zero-order valence-corrected chi connectivity index (χ0v) is 6.67. The van der Waals surface area contributed by atoms with Gasteiger partial charge in [-0.15, -0.1) is 0 Å². The molecule has 0 atom stereocenters. The van der Waals surface area contributed by atoms with Crippen LogP contribution in [0.15, 0.2) is 35.2 Å². The molecule has 0 heterocycles. The first-order valence-corrected chi connectivity index (χ1v) is 3.52. The molecule has 0 aromatic heterocycles. The van der Waals surface area contributed by atoms with E-state index >= 15 is 0 Å². The molecule has 0 amide bonds. The Morgan fingerprint density at radius 1 is 1.00 bits per heavy atom. The van der Waals surface area contributed by atoms with E-state index in [4.69, 9.17) is 0 Å². The first kappa shape index (κ1) is 9.69. The van der Waals surface area contributed by atoms with Crippen LogP contribution in [0.3, 0.4) is 0 Å². The first-order valence-electron chi connectivity index (χ1n) is 2.45. The fourth-order valence-corrected chi connectivity index (χ4v) is 0.911. The average Bonchev–Trinajstić information content (AvgIpc) is 1.90. The van der Waals surface area contributed by atoms with Gasteiger partial charge in [0.2, 0.25) is 0 Å². The van der Waals surface area contributed by atoms with Gasteiger partial charge in [0.1, 0.15) is 0 Å². The van der Waals surface area contributed by atoms with E-state index in [1.54, 1.807) is 30.3 Å². The van der Waals surface area contributed by atoms with Crippen molar-refractivity contribution in [3.63, 3.8) is 0 Å². The van der Waals surface area contributed by atoms with Crippen LogP contribution < -0.4 is 0 Å². The molecular formula is C6H5CuO2S. The monoisotopic (exact) mass is 204 g/mol. The van der Waals surface area contributed by atoms with Crippen molar-refractivity contribution in [2.75, 3.05) is 0 Å². The molecule has 0 N–H and O–H groups in total. The van der Waals surface area contributed by atoms with E-state index in [0.717, 1.165) is 0 Å². The molecule has 0 aliphatic rings. The molecule has 4 heteroatoms. The van der Waals surface area contributed by atoms with Crippen LogP contribution in [-0.2, 0) is 36.2 Å². The number of hydrogen-bond donors (Lipinski definition) is 0. The van der Waals surface area contributed by atoms with Gasteiger partial charge in [0.05, 0.1) is 0 Å². The van der Waals surface area contributed by atoms with Crippen molar-refractivity contribution in [2.45, 2.75) is 4.90 Å². The Balaban J connectivity index is 0.000000810. The molecule has 0 saturated carbocycles. The van der Waals surface area contributed by atoms with Gasteiger partial charge in [-0.1, -0.05) is 35.2 Å². The molecule has 0 aliphatic carbocycles. The summed E-state index contributed by atoms with van der Waals surface area (Å²) in [4.78, 5) is 0.331. The molecule has 2 nitrogen and oxygen atoms in total. The third kappa shape index (κ3) is 2.52. The molecule has 0 spiro atoms. The summed E-state index contributed by atoms with van der Waals surface area (Å²) in [6.07, 6.45) is 0. The summed E-state index contributed by atoms with van der Waals surface area (Å²) in [5, 5.41) is 0. The Morgan fingerprint density at radius 2 is 1.50 bits per heavy atom. The van der Waals surface area contributed by atoms with Crippen molar-refractivity contribution in [3.8, 4) is 0 Å². The molecule has 0 saturated heterocycles. The van der Waals surface area contributed by atoms with E-state index in [1.165, 1.54) is 0 Å². The number of hydrogen-bond acceptors (Lipinski definition) is 3. The van der Waals surface area contributed by atoms with Crippen LogP contribution in [0.25, 0.3) is 0 Å². The maximum absolute atomic E-state index is 10.2. The Morgan fingerprint density at radius 3 is 1.80 bits per heavy atom. The molecule has 0 radical (unpaired) electrons. The minimum Gasteiger partial charge on any atom is -0.420 e. The summed E-state index contributed by atoms with van der Waals surface area (Å²) in [6, 6.07) is 8.23. The maximum Gasteiger partial charge on any atom is 1.00 e. The molecule has 1 aromatic carbocycles. The molecule has 0 aliphatic heterocycles. The molecule has 1 aromatic rings. The van der Waals surface area contributed by atoms with Crippen molar-refractivity contribution >= 4 is 10.7 Å². The summed E-state index contributed by atoms with van der Waals surface area (Å²) >= 11 is 0. The quantitative estimate of drug-likeness (QED) is 0.511. The predicted octanol–water partition coefficient (Wildman–Crippen LogP) is 1.35. The second-order valence-corrected chi connectivity index (χ2v) is 2.49. The third-order valence-corrected chi connectivity index (χ3v) is 1.59. The van der Waals surface area contributed by atoms with Gasteiger partial charge in [-0.25, -0.2) is 0 Å². The van der Waals surface area contributed by atoms with Gasteiger partial charge in [-0.3, -0.25) is 0 Å². The Hall–Kier alpha value is -0.311. The molecule has 10 heavy (non-hydrogen) atoms. The largest absolute Gasteiger partial charge is 1.00 e. The van der Waals surface area contributed by atoms with Crippen molar-refractivity contribution in [3.05, 3.63) is 30.3 Å². The minimum absolute atomic E-state index is 0. The van der Waals surface area contributed by atoms with E-state index in [9.17, 15) is 8.42 Å². The van der Waals surface area contributed by atoms with E-state index in [2.05, 4.69) is 0 Å². The van der Waals surface area contributed by atoms with Crippen LogP contribution in [0.1, 0.15) is 0 Å². The van der Waals surface area contributed by atoms with Crippen LogP contribution >= 0.6 is 0 Å². The minimum atomic E-state index is -2.08. The molecule has 58 valence electrons. The Bertz CT molecular complexity index is 248. The van der Waals surface area contributed by atoms with Gasteiger partial charge in [-0.05, 0) is 10.7 Å². The summed E-state index contributed by atoms with van der Waals surface area (Å²) in [5.74, 6) is 0. The van der Waals surface area contributed by atoms with Crippen molar-refractivity contribution < 1.29 is 25.5 Å². The van der Waals surface area contributed by atoms with Gasteiger partial charge in [-0.2, -0.15) is 0 Å². The van der Waals surface area contributed by atoms with Crippen molar-refractivity contribution in [1.82, 2.24) is 0 Å². The van der Waals surface area contributed by atoms with Crippen LogP contribution in [0.4, 0.5) is 0 Å². The van der Waals surface area contributed by atoms with Gasteiger partial charge in [0, 0.05) is 0 Å². The predicted molar refractivity (Wildman–Crippen MR) is 33.4 cm³/mol. The van der Waals surface area contributed by atoms with Gasteiger partial charge < -0.3 is 8.42 Å². The van der Waals surface area contributed by atoms with Gasteiger partial charge in [0.25, 0.3) is 0 Å². The molecule has 0 fully saturated rings. The topological polar surface area (TPSA) is 34.1 Å². The smallest absolute Gasteiger partial charge is 0.420 e. The van der Waals surface area contributed by atoms with Crippen LogP contribution in [0.5, 0.6) is 0 Å². The van der Waals surface area contributed by atoms with E-state index in [-0.39, 0.29) is 17.1 Å². The third-order valence-electron chi connectivity index (χ3n) is 0.936. The summed E-state index contributed by atoms with van der Waals surface area (Å²) < 4.78 is 20.4. The van der Waals surface area contributed by atoms with Crippen LogP contribution in [0.2, 0.25) is 0 Å². The summed E-state index contributed by atoms with van der Waals surface area (Å²) in [6.45, 7) is 0.